The summed E-state index contributed by atoms with van der Waals surface area (Å²) >= 11 is 0. The first-order valence-corrected chi connectivity index (χ1v) is 10.3. The average Bonchev–Trinajstić information content (AvgIpc) is 2.75. The van der Waals surface area contributed by atoms with E-state index in [1.165, 1.54) is 5.56 Å². The zero-order valence-electron chi connectivity index (χ0n) is 18.1. The summed E-state index contributed by atoms with van der Waals surface area (Å²) in [4.78, 5) is 20.8. The number of aliphatic carboxylic acids is 1. The Morgan fingerprint density at radius 2 is 1.58 bits per heavy atom. The van der Waals surface area contributed by atoms with E-state index < -0.39 is 17.7 Å². The standard InChI is InChI=1S/C25H28N2O4/c1-18-17-19(2)27-24(26-18)31-22(23(28)29)25(3,21-14-8-5-9-15-21)30-16-10-13-20-11-6-4-7-12-20/h4-9,11-12,14-15,17,22H,10,13,16H2,1-3H3,(H,28,29)/t22-,25+/m1/s1. The molecule has 0 radical (unpaired) electrons. The van der Waals surface area contributed by atoms with E-state index in [9.17, 15) is 9.90 Å². The number of nitrogens with zero attached hydrogens (tertiary/aromatic N) is 2. The third-order valence-corrected chi connectivity index (χ3v) is 5.11. The molecule has 1 aromatic heterocycles. The third kappa shape index (κ3) is 5.89. The van der Waals surface area contributed by atoms with Crippen LogP contribution in [0.3, 0.4) is 0 Å². The summed E-state index contributed by atoms with van der Waals surface area (Å²) in [5.74, 6) is -1.14. The van der Waals surface area contributed by atoms with Crippen molar-refractivity contribution in [2.24, 2.45) is 0 Å². The molecule has 0 saturated heterocycles. The lowest BCUT2D eigenvalue weighted by Gasteiger charge is -2.35. The Labute approximate surface area is 182 Å². The van der Waals surface area contributed by atoms with Crippen molar-refractivity contribution in [3.05, 3.63) is 89.2 Å². The van der Waals surface area contributed by atoms with E-state index in [-0.39, 0.29) is 6.01 Å². The first-order valence-electron chi connectivity index (χ1n) is 10.3. The normalized spacial score (nSPS) is 13.9. The minimum absolute atomic E-state index is 0.0277. The lowest BCUT2D eigenvalue weighted by molar-refractivity contribution is -0.168. The van der Waals surface area contributed by atoms with Gasteiger partial charge in [-0.3, -0.25) is 0 Å². The second-order valence-corrected chi connectivity index (χ2v) is 7.68. The number of rotatable bonds is 10. The molecule has 0 unspecified atom stereocenters. The smallest absolute Gasteiger partial charge is 0.348 e. The molecule has 3 rings (SSSR count). The molecule has 0 amide bonds. The van der Waals surface area contributed by atoms with Gasteiger partial charge in [-0.1, -0.05) is 60.7 Å². The molecule has 0 spiro atoms. The van der Waals surface area contributed by atoms with Crippen LogP contribution in [0, 0.1) is 13.8 Å². The van der Waals surface area contributed by atoms with Gasteiger partial charge in [-0.05, 0) is 50.8 Å². The molecule has 0 aliphatic carbocycles. The molecule has 3 aromatic rings. The highest BCUT2D eigenvalue weighted by Crippen LogP contribution is 2.32. The van der Waals surface area contributed by atoms with Crippen molar-refractivity contribution in [3.63, 3.8) is 0 Å². The Kier molecular flexibility index (Phi) is 7.36. The summed E-state index contributed by atoms with van der Waals surface area (Å²) in [6.45, 7) is 5.75. The van der Waals surface area contributed by atoms with Gasteiger partial charge in [-0.2, -0.15) is 0 Å². The minimum atomic E-state index is -1.33. The summed E-state index contributed by atoms with van der Waals surface area (Å²) in [6.07, 6.45) is 0.261. The molecule has 2 atom stereocenters. The fraction of sp³-hybridized carbons (Fsp3) is 0.320. The average molecular weight is 421 g/mol. The maximum atomic E-state index is 12.3. The van der Waals surface area contributed by atoms with E-state index in [0.29, 0.717) is 23.6 Å². The van der Waals surface area contributed by atoms with Crippen LogP contribution in [0.4, 0.5) is 0 Å². The largest absolute Gasteiger partial charge is 0.478 e. The van der Waals surface area contributed by atoms with Crippen LogP contribution >= 0.6 is 0 Å². The SMILES string of the molecule is Cc1cc(C)nc(O[C@H](C(=O)O)[C@@](C)(OCCCc2ccccc2)c2ccccc2)n1. The molecule has 1 N–H and O–H groups in total. The highest BCUT2D eigenvalue weighted by Gasteiger charge is 2.44. The summed E-state index contributed by atoms with van der Waals surface area (Å²) in [5.41, 5.74) is 2.10. The lowest BCUT2D eigenvalue weighted by Crippen LogP contribution is -2.48. The highest BCUT2D eigenvalue weighted by molar-refractivity contribution is 5.75. The fourth-order valence-corrected chi connectivity index (χ4v) is 3.53. The number of aromatic nitrogens is 2. The van der Waals surface area contributed by atoms with E-state index in [4.69, 9.17) is 9.47 Å². The number of carbonyl (C=O) groups is 1. The second kappa shape index (κ2) is 10.2. The monoisotopic (exact) mass is 420 g/mol. The van der Waals surface area contributed by atoms with Crippen molar-refractivity contribution in [1.29, 1.82) is 0 Å². The molecule has 0 aliphatic heterocycles. The molecule has 162 valence electrons. The van der Waals surface area contributed by atoms with Gasteiger partial charge in [0, 0.05) is 18.0 Å². The van der Waals surface area contributed by atoms with Gasteiger partial charge in [-0.25, -0.2) is 14.8 Å². The zero-order valence-corrected chi connectivity index (χ0v) is 18.1. The van der Waals surface area contributed by atoms with Crippen molar-refractivity contribution in [2.75, 3.05) is 6.61 Å². The van der Waals surface area contributed by atoms with Crippen LogP contribution in [0.1, 0.15) is 35.9 Å². The first kappa shape index (κ1) is 22.4. The molecular weight excluding hydrogens is 392 g/mol. The van der Waals surface area contributed by atoms with Crippen molar-refractivity contribution >= 4 is 5.97 Å². The molecular formula is C25H28N2O4. The van der Waals surface area contributed by atoms with Crippen LogP contribution in [-0.4, -0.2) is 33.8 Å². The second-order valence-electron chi connectivity index (χ2n) is 7.68. The Morgan fingerprint density at radius 1 is 1.00 bits per heavy atom. The van der Waals surface area contributed by atoms with Gasteiger partial charge in [0.05, 0.1) is 0 Å². The minimum Gasteiger partial charge on any atom is -0.478 e. The van der Waals surface area contributed by atoms with Gasteiger partial charge in [-0.15, -0.1) is 0 Å². The molecule has 1 heterocycles. The fourth-order valence-electron chi connectivity index (χ4n) is 3.53. The van der Waals surface area contributed by atoms with E-state index in [2.05, 4.69) is 22.1 Å². The number of hydrogen-bond acceptors (Lipinski definition) is 5. The zero-order chi connectivity index (χ0) is 22.3. The summed E-state index contributed by atoms with van der Waals surface area (Å²) in [6, 6.07) is 21.2. The number of benzene rings is 2. The number of ether oxygens (including phenoxy) is 2. The topological polar surface area (TPSA) is 81.5 Å². The van der Waals surface area contributed by atoms with Crippen molar-refractivity contribution in [2.45, 2.75) is 45.3 Å². The van der Waals surface area contributed by atoms with Crippen LogP contribution < -0.4 is 4.74 Å². The summed E-state index contributed by atoms with van der Waals surface area (Å²) < 4.78 is 12.1. The van der Waals surface area contributed by atoms with Crippen molar-refractivity contribution < 1.29 is 19.4 Å². The van der Waals surface area contributed by atoms with Gasteiger partial charge in [0.25, 0.3) is 0 Å². The number of carboxylic acid groups (broad SMARTS) is 1. The first-order chi connectivity index (χ1) is 14.9. The number of carboxylic acids is 1. The maximum absolute atomic E-state index is 12.3. The van der Waals surface area contributed by atoms with Gasteiger partial charge < -0.3 is 14.6 Å². The molecule has 0 bridgehead atoms. The molecule has 31 heavy (non-hydrogen) atoms. The molecule has 0 saturated carbocycles. The highest BCUT2D eigenvalue weighted by atomic mass is 16.6. The molecule has 2 aromatic carbocycles. The van der Waals surface area contributed by atoms with Crippen molar-refractivity contribution in [3.8, 4) is 6.01 Å². The molecule has 6 heteroatoms. The quantitative estimate of drug-likeness (QED) is 0.487. The Hall–Kier alpha value is -3.25. The number of hydrogen-bond donors (Lipinski definition) is 1. The molecule has 6 nitrogen and oxygen atoms in total. The van der Waals surface area contributed by atoms with Gasteiger partial charge in [0.2, 0.25) is 6.10 Å². The molecule has 0 aliphatic rings. The van der Waals surface area contributed by atoms with E-state index in [1.807, 2.05) is 62.4 Å². The van der Waals surface area contributed by atoms with E-state index in [0.717, 1.165) is 12.8 Å². The summed E-state index contributed by atoms with van der Waals surface area (Å²) in [5, 5.41) is 10.0. The Morgan fingerprint density at radius 3 is 2.16 bits per heavy atom. The van der Waals surface area contributed by atoms with Gasteiger partial charge in [0.1, 0.15) is 5.60 Å². The lowest BCUT2D eigenvalue weighted by atomic mass is 9.89. The van der Waals surface area contributed by atoms with Gasteiger partial charge >= 0.3 is 12.0 Å². The third-order valence-electron chi connectivity index (χ3n) is 5.11. The van der Waals surface area contributed by atoms with E-state index in [1.54, 1.807) is 13.0 Å². The van der Waals surface area contributed by atoms with Crippen LogP contribution in [-0.2, 0) is 21.6 Å². The number of aryl methyl sites for hydroxylation is 3. The van der Waals surface area contributed by atoms with Crippen LogP contribution in [0.25, 0.3) is 0 Å². The van der Waals surface area contributed by atoms with Crippen LogP contribution in [0.15, 0.2) is 66.7 Å². The van der Waals surface area contributed by atoms with Crippen molar-refractivity contribution in [1.82, 2.24) is 9.97 Å². The molecule has 0 fully saturated rings. The Balaban J connectivity index is 1.83. The summed E-state index contributed by atoms with van der Waals surface area (Å²) in [7, 11) is 0. The maximum Gasteiger partial charge on any atom is 0.348 e. The van der Waals surface area contributed by atoms with E-state index >= 15 is 0 Å². The predicted molar refractivity (Wildman–Crippen MR) is 118 cm³/mol. The Bertz CT molecular complexity index is 975. The van der Waals surface area contributed by atoms with Gasteiger partial charge in [0.15, 0.2) is 0 Å². The predicted octanol–water partition coefficient (Wildman–Crippen LogP) is 4.49. The van der Waals surface area contributed by atoms with Crippen LogP contribution in [0.5, 0.6) is 6.01 Å². The van der Waals surface area contributed by atoms with Crippen LogP contribution in [0.2, 0.25) is 0 Å².